The van der Waals surface area contributed by atoms with E-state index in [4.69, 9.17) is 14.3 Å². The Labute approximate surface area is 144 Å². The first-order valence-electron chi connectivity index (χ1n) is 7.79. The molecule has 0 aromatic heterocycles. The standard InChI is InChI=1S/C16H26N2O5S/c1-11(2)18(4)24(19,20)14-10-23-17(3)15(14)12-8-7-9-13(21-5)16(12)22-6/h7-9,11,14-15H,10H2,1-6H3. The zero-order valence-corrected chi connectivity index (χ0v) is 15.8. The normalized spacial score (nSPS) is 22.3. The molecule has 1 aliphatic rings. The van der Waals surface area contributed by atoms with Crippen molar-refractivity contribution in [3.63, 3.8) is 0 Å². The summed E-state index contributed by atoms with van der Waals surface area (Å²) in [6.07, 6.45) is 0. The minimum Gasteiger partial charge on any atom is -0.493 e. The number of hydrogen-bond acceptors (Lipinski definition) is 6. The molecule has 0 bridgehead atoms. The van der Waals surface area contributed by atoms with E-state index in [2.05, 4.69) is 0 Å². The van der Waals surface area contributed by atoms with Crippen molar-refractivity contribution in [3.8, 4) is 11.5 Å². The Morgan fingerprint density at radius 2 is 1.96 bits per heavy atom. The van der Waals surface area contributed by atoms with Crippen LogP contribution in [0.15, 0.2) is 18.2 Å². The van der Waals surface area contributed by atoms with E-state index in [-0.39, 0.29) is 12.6 Å². The zero-order chi connectivity index (χ0) is 18.1. The van der Waals surface area contributed by atoms with Crippen molar-refractivity contribution >= 4 is 10.0 Å². The molecule has 1 aromatic rings. The van der Waals surface area contributed by atoms with Gasteiger partial charge in [-0.1, -0.05) is 12.1 Å². The first-order valence-corrected chi connectivity index (χ1v) is 9.29. The van der Waals surface area contributed by atoms with Crippen LogP contribution < -0.4 is 9.47 Å². The molecular formula is C16H26N2O5S. The van der Waals surface area contributed by atoms with E-state index in [9.17, 15) is 8.42 Å². The molecule has 1 aromatic carbocycles. The Bertz CT molecular complexity index is 677. The highest BCUT2D eigenvalue weighted by molar-refractivity contribution is 7.89. The molecule has 0 radical (unpaired) electrons. The smallest absolute Gasteiger partial charge is 0.221 e. The Kier molecular flexibility index (Phi) is 5.74. The van der Waals surface area contributed by atoms with Crippen molar-refractivity contribution < 1.29 is 22.7 Å². The van der Waals surface area contributed by atoms with Crippen LogP contribution in [-0.4, -0.2) is 64.0 Å². The zero-order valence-electron chi connectivity index (χ0n) is 15.0. The van der Waals surface area contributed by atoms with Gasteiger partial charge in [-0.3, -0.25) is 4.84 Å². The van der Waals surface area contributed by atoms with Gasteiger partial charge < -0.3 is 9.47 Å². The van der Waals surface area contributed by atoms with Gasteiger partial charge >= 0.3 is 0 Å². The van der Waals surface area contributed by atoms with Gasteiger partial charge in [0.1, 0.15) is 5.25 Å². The average Bonchev–Trinajstić information content (AvgIpc) is 2.95. The number of ether oxygens (including phenoxy) is 2. The highest BCUT2D eigenvalue weighted by Gasteiger charge is 2.46. The molecule has 2 rings (SSSR count). The van der Waals surface area contributed by atoms with Crippen molar-refractivity contribution in [3.05, 3.63) is 23.8 Å². The minimum absolute atomic E-state index is 0.0981. The van der Waals surface area contributed by atoms with Crippen LogP contribution in [0.1, 0.15) is 25.5 Å². The summed E-state index contributed by atoms with van der Waals surface area (Å²) >= 11 is 0. The third-order valence-corrected chi connectivity index (χ3v) is 6.83. The number of hydrogen-bond donors (Lipinski definition) is 0. The Morgan fingerprint density at radius 1 is 1.29 bits per heavy atom. The highest BCUT2D eigenvalue weighted by Crippen LogP contribution is 2.42. The Hall–Kier alpha value is -1.35. The molecule has 2 unspecified atom stereocenters. The second-order valence-corrected chi connectivity index (χ2v) is 8.27. The lowest BCUT2D eigenvalue weighted by Gasteiger charge is -2.29. The lowest BCUT2D eigenvalue weighted by molar-refractivity contribution is -0.110. The van der Waals surface area contributed by atoms with Crippen molar-refractivity contribution in [2.24, 2.45) is 0 Å². The molecule has 1 heterocycles. The lowest BCUT2D eigenvalue weighted by Crippen LogP contribution is -2.43. The van der Waals surface area contributed by atoms with E-state index in [1.54, 1.807) is 39.4 Å². The molecule has 2 atom stereocenters. The van der Waals surface area contributed by atoms with E-state index in [0.29, 0.717) is 11.5 Å². The molecule has 24 heavy (non-hydrogen) atoms. The van der Waals surface area contributed by atoms with Crippen molar-refractivity contribution in [2.45, 2.75) is 31.2 Å². The molecule has 8 heteroatoms. The fourth-order valence-electron chi connectivity index (χ4n) is 2.89. The largest absolute Gasteiger partial charge is 0.493 e. The number of rotatable bonds is 6. The average molecular weight is 358 g/mol. The van der Waals surface area contributed by atoms with Gasteiger partial charge in [-0.05, 0) is 19.9 Å². The van der Waals surface area contributed by atoms with Crippen molar-refractivity contribution in [1.29, 1.82) is 0 Å². The molecule has 1 fully saturated rings. The molecule has 1 aliphatic heterocycles. The van der Waals surface area contributed by atoms with Gasteiger partial charge in [-0.25, -0.2) is 12.7 Å². The van der Waals surface area contributed by atoms with E-state index < -0.39 is 21.3 Å². The van der Waals surface area contributed by atoms with Gasteiger partial charge in [-0.2, -0.15) is 5.06 Å². The SMILES string of the molecule is COc1cccc(C2C(S(=O)(=O)N(C)C(C)C)CON2C)c1OC. The molecule has 0 amide bonds. The third kappa shape index (κ3) is 3.23. The van der Waals surface area contributed by atoms with E-state index in [1.807, 2.05) is 26.0 Å². The number of sulfonamides is 1. The second-order valence-electron chi connectivity index (χ2n) is 6.06. The minimum atomic E-state index is -3.54. The summed E-state index contributed by atoms with van der Waals surface area (Å²) in [4.78, 5) is 5.55. The molecular weight excluding hydrogens is 332 g/mol. The van der Waals surface area contributed by atoms with Crippen LogP contribution in [0.3, 0.4) is 0 Å². The topological polar surface area (TPSA) is 68.3 Å². The maximum absolute atomic E-state index is 13.0. The monoisotopic (exact) mass is 358 g/mol. The molecule has 7 nitrogen and oxygen atoms in total. The van der Waals surface area contributed by atoms with Crippen LogP contribution in [-0.2, 0) is 14.9 Å². The summed E-state index contributed by atoms with van der Waals surface area (Å²) in [6, 6.07) is 4.82. The number of nitrogens with zero attached hydrogens (tertiary/aromatic N) is 2. The summed E-state index contributed by atoms with van der Waals surface area (Å²) in [7, 11) is 2.88. The van der Waals surface area contributed by atoms with Gasteiger partial charge in [0.25, 0.3) is 0 Å². The van der Waals surface area contributed by atoms with Crippen molar-refractivity contribution in [2.75, 3.05) is 34.9 Å². The molecule has 0 spiro atoms. The Balaban J connectivity index is 2.52. The third-order valence-electron chi connectivity index (χ3n) is 4.45. The second kappa shape index (κ2) is 7.26. The fraction of sp³-hybridized carbons (Fsp3) is 0.625. The maximum atomic E-state index is 13.0. The van der Waals surface area contributed by atoms with Crippen LogP contribution in [0, 0.1) is 0 Å². The summed E-state index contributed by atoms with van der Waals surface area (Å²) in [5.74, 6) is 1.08. The summed E-state index contributed by atoms with van der Waals surface area (Å²) < 4.78 is 38.2. The van der Waals surface area contributed by atoms with Crippen LogP contribution in [0.5, 0.6) is 11.5 Å². The van der Waals surface area contributed by atoms with Gasteiger partial charge in [0, 0.05) is 25.7 Å². The van der Waals surface area contributed by atoms with Gasteiger partial charge in [-0.15, -0.1) is 0 Å². The number of methoxy groups -OCH3 is 2. The molecule has 0 N–H and O–H groups in total. The van der Waals surface area contributed by atoms with E-state index >= 15 is 0 Å². The highest BCUT2D eigenvalue weighted by atomic mass is 32.2. The predicted octanol–water partition coefficient (Wildman–Crippen LogP) is 1.66. The van der Waals surface area contributed by atoms with Gasteiger partial charge in [0.05, 0.1) is 26.9 Å². The quantitative estimate of drug-likeness (QED) is 0.770. The summed E-state index contributed by atoms with van der Waals surface area (Å²) in [5, 5.41) is 0.851. The first-order chi connectivity index (χ1) is 11.3. The summed E-state index contributed by atoms with van der Waals surface area (Å²) in [6.45, 7) is 3.79. The van der Waals surface area contributed by atoms with Crippen LogP contribution >= 0.6 is 0 Å². The summed E-state index contributed by atoms with van der Waals surface area (Å²) in [5.41, 5.74) is 0.725. The number of para-hydroxylation sites is 1. The van der Waals surface area contributed by atoms with E-state index in [1.165, 1.54) is 4.31 Å². The van der Waals surface area contributed by atoms with Crippen molar-refractivity contribution in [1.82, 2.24) is 9.37 Å². The molecule has 0 aliphatic carbocycles. The Morgan fingerprint density at radius 3 is 2.50 bits per heavy atom. The van der Waals surface area contributed by atoms with Gasteiger partial charge in [0.2, 0.25) is 10.0 Å². The molecule has 0 saturated carbocycles. The number of hydroxylamine groups is 2. The number of benzene rings is 1. The van der Waals surface area contributed by atoms with E-state index in [0.717, 1.165) is 5.56 Å². The van der Waals surface area contributed by atoms with Gasteiger partial charge in [0.15, 0.2) is 11.5 Å². The first kappa shape index (κ1) is 19.0. The van der Waals surface area contributed by atoms with Crippen LogP contribution in [0.4, 0.5) is 0 Å². The maximum Gasteiger partial charge on any atom is 0.221 e. The molecule has 136 valence electrons. The van der Waals surface area contributed by atoms with Crippen LogP contribution in [0.25, 0.3) is 0 Å². The molecule has 1 saturated heterocycles. The predicted molar refractivity (Wildman–Crippen MR) is 91.6 cm³/mol. The fourth-order valence-corrected chi connectivity index (χ4v) is 4.79. The lowest BCUT2D eigenvalue weighted by atomic mass is 10.0. The van der Waals surface area contributed by atoms with Crippen LogP contribution in [0.2, 0.25) is 0 Å².